The minimum Gasteiger partial charge on any atom is -0.465 e. The minimum atomic E-state index is -1.17. The second-order valence-electron chi connectivity index (χ2n) is 5.36. The molecule has 4 nitrogen and oxygen atoms in total. The van der Waals surface area contributed by atoms with Gasteiger partial charge in [0.05, 0.1) is 6.61 Å². The number of ether oxygens (including phenoxy) is 2. The van der Waals surface area contributed by atoms with Crippen LogP contribution in [-0.2, 0) is 25.7 Å². The predicted octanol–water partition coefficient (Wildman–Crippen LogP) is 3.88. The summed E-state index contributed by atoms with van der Waals surface area (Å²) in [6.07, 6.45) is 2.35. The van der Waals surface area contributed by atoms with E-state index in [2.05, 4.69) is 0 Å². The first-order valence-electron chi connectivity index (χ1n) is 7.99. The third-order valence-corrected chi connectivity index (χ3v) is 3.62. The Morgan fingerprint density at radius 1 is 0.909 bits per heavy atom. The van der Waals surface area contributed by atoms with Gasteiger partial charge in [-0.05, 0) is 25.3 Å². The normalized spacial score (nSPS) is 11.0. The van der Waals surface area contributed by atoms with Crippen molar-refractivity contribution in [1.82, 2.24) is 0 Å². The van der Waals surface area contributed by atoms with Crippen LogP contribution in [0, 0.1) is 5.41 Å². The van der Waals surface area contributed by atoms with E-state index in [1.807, 2.05) is 44.2 Å². The van der Waals surface area contributed by atoms with Gasteiger partial charge in [-0.1, -0.05) is 57.0 Å². The monoisotopic (exact) mass is 306 g/mol. The Hall–Kier alpha value is -1.84. The molecule has 0 amide bonds. The molecule has 0 unspecified atom stereocenters. The molecule has 0 aliphatic carbocycles. The highest BCUT2D eigenvalue weighted by Crippen LogP contribution is 2.33. The Morgan fingerprint density at radius 3 is 1.95 bits per heavy atom. The fourth-order valence-electron chi connectivity index (χ4n) is 2.60. The number of esters is 2. The molecule has 1 aromatic carbocycles. The topological polar surface area (TPSA) is 52.6 Å². The average Bonchev–Trinajstić information content (AvgIpc) is 2.53. The van der Waals surface area contributed by atoms with Crippen LogP contribution in [0.15, 0.2) is 30.3 Å². The highest BCUT2D eigenvalue weighted by atomic mass is 16.6. The third kappa shape index (κ3) is 4.58. The van der Waals surface area contributed by atoms with Crippen LogP contribution < -0.4 is 0 Å². The lowest BCUT2D eigenvalue weighted by Gasteiger charge is -2.28. The molecule has 4 heteroatoms. The van der Waals surface area contributed by atoms with Gasteiger partial charge in [-0.25, -0.2) is 0 Å². The summed E-state index contributed by atoms with van der Waals surface area (Å²) in [5.74, 6) is -0.935. The van der Waals surface area contributed by atoms with Crippen molar-refractivity contribution in [3.63, 3.8) is 0 Å². The van der Waals surface area contributed by atoms with Crippen molar-refractivity contribution in [2.45, 2.75) is 53.1 Å². The van der Waals surface area contributed by atoms with Crippen molar-refractivity contribution in [3.05, 3.63) is 35.9 Å². The van der Waals surface area contributed by atoms with Crippen molar-refractivity contribution in [2.24, 2.45) is 5.41 Å². The molecule has 122 valence electrons. The molecule has 0 heterocycles. The lowest BCUT2D eigenvalue weighted by atomic mass is 9.79. The highest BCUT2D eigenvalue weighted by molar-refractivity contribution is 6.00. The lowest BCUT2D eigenvalue weighted by Crippen LogP contribution is -2.42. The van der Waals surface area contributed by atoms with E-state index in [0.717, 1.165) is 18.4 Å². The first-order chi connectivity index (χ1) is 10.6. The zero-order chi connectivity index (χ0) is 16.4. The van der Waals surface area contributed by atoms with E-state index < -0.39 is 17.4 Å². The minimum absolute atomic E-state index is 0.175. The van der Waals surface area contributed by atoms with E-state index in [1.165, 1.54) is 0 Å². The molecule has 1 rings (SSSR count). The maximum absolute atomic E-state index is 12.6. The maximum atomic E-state index is 12.6. The third-order valence-electron chi connectivity index (χ3n) is 3.62. The van der Waals surface area contributed by atoms with Crippen LogP contribution in [0.1, 0.15) is 52.0 Å². The Kier molecular flexibility index (Phi) is 7.64. The fourth-order valence-corrected chi connectivity index (χ4v) is 2.60. The van der Waals surface area contributed by atoms with E-state index >= 15 is 0 Å². The smallest absolute Gasteiger partial charge is 0.323 e. The second kappa shape index (κ2) is 9.23. The van der Waals surface area contributed by atoms with Gasteiger partial charge in [0, 0.05) is 0 Å². The largest absolute Gasteiger partial charge is 0.465 e. The van der Waals surface area contributed by atoms with Crippen molar-refractivity contribution >= 4 is 11.9 Å². The lowest BCUT2D eigenvalue weighted by molar-refractivity contribution is -0.174. The van der Waals surface area contributed by atoms with Gasteiger partial charge in [0.1, 0.15) is 6.61 Å². The molecule has 0 saturated carbocycles. The molecule has 0 aliphatic heterocycles. The Morgan fingerprint density at radius 2 is 1.45 bits per heavy atom. The standard InChI is InChI=1S/C18H26O4/c1-4-12-18(13-5-2,16(19)21-6-3)17(20)22-14-15-10-8-7-9-11-15/h7-11H,4-6,12-14H2,1-3H3. The van der Waals surface area contributed by atoms with Gasteiger partial charge in [0.15, 0.2) is 5.41 Å². The molecule has 0 atom stereocenters. The maximum Gasteiger partial charge on any atom is 0.323 e. The van der Waals surface area contributed by atoms with Crippen molar-refractivity contribution in [3.8, 4) is 0 Å². The van der Waals surface area contributed by atoms with Gasteiger partial charge < -0.3 is 9.47 Å². The molecule has 0 N–H and O–H groups in total. The molecule has 22 heavy (non-hydrogen) atoms. The van der Waals surface area contributed by atoms with E-state index in [0.29, 0.717) is 12.8 Å². The van der Waals surface area contributed by atoms with Crippen LogP contribution in [0.3, 0.4) is 0 Å². The quantitative estimate of drug-likeness (QED) is 0.513. The molecule has 0 fully saturated rings. The summed E-state index contributed by atoms with van der Waals surface area (Å²) < 4.78 is 10.6. The molecule has 1 aromatic rings. The number of hydrogen-bond acceptors (Lipinski definition) is 4. The van der Waals surface area contributed by atoms with Gasteiger partial charge in [0.2, 0.25) is 0 Å². The Bertz CT molecular complexity index is 461. The molecule has 0 aromatic heterocycles. The molecule has 0 bridgehead atoms. The second-order valence-corrected chi connectivity index (χ2v) is 5.36. The van der Waals surface area contributed by atoms with Gasteiger partial charge in [-0.3, -0.25) is 9.59 Å². The SMILES string of the molecule is CCCC(CCC)(C(=O)OCC)C(=O)OCc1ccccc1. The van der Waals surface area contributed by atoms with E-state index in [-0.39, 0.29) is 13.2 Å². The molecule has 0 spiro atoms. The zero-order valence-corrected chi connectivity index (χ0v) is 13.8. The van der Waals surface area contributed by atoms with Crippen LogP contribution in [0.4, 0.5) is 0 Å². The Balaban J connectivity index is 2.88. The predicted molar refractivity (Wildman–Crippen MR) is 85.1 cm³/mol. The van der Waals surface area contributed by atoms with Crippen LogP contribution in [0.2, 0.25) is 0 Å². The first-order valence-corrected chi connectivity index (χ1v) is 7.99. The summed E-state index contributed by atoms with van der Waals surface area (Å²) in [6, 6.07) is 9.46. The molecular weight excluding hydrogens is 280 g/mol. The highest BCUT2D eigenvalue weighted by Gasteiger charge is 2.47. The zero-order valence-electron chi connectivity index (χ0n) is 13.8. The summed E-state index contributed by atoms with van der Waals surface area (Å²) in [5, 5.41) is 0. The number of carbonyl (C=O) groups excluding carboxylic acids is 2. The number of hydrogen-bond donors (Lipinski definition) is 0. The van der Waals surface area contributed by atoms with Crippen molar-refractivity contribution < 1.29 is 19.1 Å². The summed E-state index contributed by atoms with van der Waals surface area (Å²) in [6.45, 7) is 6.09. The average molecular weight is 306 g/mol. The van der Waals surface area contributed by atoms with Crippen LogP contribution in [0.25, 0.3) is 0 Å². The molecule has 0 radical (unpaired) electrons. The summed E-state index contributed by atoms with van der Waals surface area (Å²) in [4.78, 5) is 25.0. The van der Waals surface area contributed by atoms with Crippen LogP contribution in [-0.4, -0.2) is 18.5 Å². The van der Waals surface area contributed by atoms with Gasteiger partial charge in [0.25, 0.3) is 0 Å². The van der Waals surface area contributed by atoms with Gasteiger partial charge >= 0.3 is 11.9 Å². The van der Waals surface area contributed by atoms with E-state index in [9.17, 15) is 9.59 Å². The summed E-state index contributed by atoms with van der Waals surface area (Å²) >= 11 is 0. The summed E-state index contributed by atoms with van der Waals surface area (Å²) in [5.41, 5.74) is -0.268. The van der Waals surface area contributed by atoms with E-state index in [4.69, 9.17) is 9.47 Å². The van der Waals surface area contributed by atoms with Gasteiger partial charge in [-0.2, -0.15) is 0 Å². The number of benzene rings is 1. The van der Waals surface area contributed by atoms with Crippen molar-refractivity contribution in [2.75, 3.05) is 6.61 Å². The summed E-state index contributed by atoms with van der Waals surface area (Å²) in [7, 11) is 0. The molecule has 0 saturated heterocycles. The number of rotatable bonds is 9. The molecular formula is C18H26O4. The first kappa shape index (κ1) is 18.2. The molecule has 0 aliphatic rings. The fraction of sp³-hybridized carbons (Fsp3) is 0.556. The Labute approximate surface area is 132 Å². The van der Waals surface area contributed by atoms with E-state index in [1.54, 1.807) is 6.92 Å². The number of carbonyl (C=O) groups is 2. The van der Waals surface area contributed by atoms with Gasteiger partial charge in [-0.15, -0.1) is 0 Å². The van der Waals surface area contributed by atoms with Crippen LogP contribution in [0.5, 0.6) is 0 Å². The van der Waals surface area contributed by atoms with Crippen molar-refractivity contribution in [1.29, 1.82) is 0 Å². The van der Waals surface area contributed by atoms with Crippen LogP contribution >= 0.6 is 0 Å².